The van der Waals surface area contributed by atoms with Crippen LogP contribution < -0.4 is 0 Å². The van der Waals surface area contributed by atoms with Crippen LogP contribution >= 0.6 is 0 Å². The smallest absolute Gasteiger partial charge is 0.329 e. The van der Waals surface area contributed by atoms with Gasteiger partial charge >= 0.3 is 5.97 Å². The molecule has 0 saturated heterocycles. The maximum absolute atomic E-state index is 11.7. The van der Waals surface area contributed by atoms with Gasteiger partial charge in [-0.3, -0.25) is 4.79 Å². The molecule has 0 aliphatic heterocycles. The van der Waals surface area contributed by atoms with E-state index in [1.807, 2.05) is 24.3 Å². The molecule has 0 fully saturated rings. The second-order valence-electron chi connectivity index (χ2n) is 4.31. The number of ether oxygens (including phenoxy) is 1. The zero-order valence-corrected chi connectivity index (χ0v) is 11.3. The van der Waals surface area contributed by atoms with Crippen LogP contribution in [0.1, 0.15) is 18.1 Å². The lowest BCUT2D eigenvalue weighted by atomic mass is 10.1. The van der Waals surface area contributed by atoms with Crippen LogP contribution in [0.3, 0.4) is 0 Å². The molecule has 0 aliphatic carbocycles. The molecule has 104 valence electrons. The van der Waals surface area contributed by atoms with Crippen LogP contribution in [0.4, 0.5) is 0 Å². The van der Waals surface area contributed by atoms with Crippen LogP contribution in [0.15, 0.2) is 24.3 Å². The van der Waals surface area contributed by atoms with E-state index in [4.69, 9.17) is 9.84 Å². The first-order valence-corrected chi connectivity index (χ1v) is 6.14. The van der Waals surface area contributed by atoms with Crippen LogP contribution in [0.2, 0.25) is 0 Å². The Bertz CT molecular complexity index is 428. The Morgan fingerprint density at radius 3 is 2.26 bits per heavy atom. The Morgan fingerprint density at radius 2 is 1.74 bits per heavy atom. The van der Waals surface area contributed by atoms with Gasteiger partial charge in [-0.25, -0.2) is 4.79 Å². The first kappa shape index (κ1) is 15.2. The van der Waals surface area contributed by atoms with Crippen molar-refractivity contribution >= 4 is 11.9 Å². The Hall–Kier alpha value is -1.88. The predicted octanol–water partition coefficient (Wildman–Crippen LogP) is 1.31. The summed E-state index contributed by atoms with van der Waals surface area (Å²) in [7, 11) is 1.67. The second-order valence-corrected chi connectivity index (χ2v) is 4.31. The summed E-state index contributed by atoms with van der Waals surface area (Å²) in [6, 6.07) is 8.05. The van der Waals surface area contributed by atoms with Crippen LogP contribution in [-0.4, -0.2) is 42.1 Å². The van der Waals surface area contributed by atoms with E-state index in [0.717, 1.165) is 12.0 Å². The number of likely N-dealkylation sites (N-methyl/N-ethyl adjacent to an activating group) is 1. The molecule has 0 radical (unpaired) electrons. The van der Waals surface area contributed by atoms with E-state index in [1.54, 1.807) is 7.05 Å². The molecule has 1 N–H and O–H groups in total. The number of nitrogens with zero attached hydrogens (tertiary/aromatic N) is 1. The molecular formula is C14H19NO4. The lowest BCUT2D eigenvalue weighted by Crippen LogP contribution is -2.30. The number of hydrogen-bond acceptors (Lipinski definition) is 3. The number of benzene rings is 1. The molecule has 1 aromatic carbocycles. The molecule has 19 heavy (non-hydrogen) atoms. The van der Waals surface area contributed by atoms with E-state index in [1.165, 1.54) is 10.5 Å². The average Bonchev–Trinajstić information content (AvgIpc) is 2.39. The highest BCUT2D eigenvalue weighted by atomic mass is 16.5. The average molecular weight is 265 g/mol. The van der Waals surface area contributed by atoms with Gasteiger partial charge in [0.2, 0.25) is 5.91 Å². The molecule has 0 atom stereocenters. The van der Waals surface area contributed by atoms with Crippen molar-refractivity contribution in [2.45, 2.75) is 19.9 Å². The summed E-state index contributed by atoms with van der Waals surface area (Å²) in [4.78, 5) is 23.4. The van der Waals surface area contributed by atoms with E-state index >= 15 is 0 Å². The molecule has 0 saturated carbocycles. The minimum atomic E-state index is -1.08. The van der Waals surface area contributed by atoms with Gasteiger partial charge in [-0.15, -0.1) is 0 Å². The van der Waals surface area contributed by atoms with Gasteiger partial charge in [0.1, 0.15) is 13.2 Å². The van der Waals surface area contributed by atoms with Crippen LogP contribution in [0, 0.1) is 0 Å². The number of hydrogen-bond donors (Lipinski definition) is 1. The molecule has 0 aliphatic rings. The third kappa shape index (κ3) is 5.52. The van der Waals surface area contributed by atoms with Crippen molar-refractivity contribution in [1.82, 2.24) is 4.90 Å². The predicted molar refractivity (Wildman–Crippen MR) is 70.7 cm³/mol. The summed E-state index contributed by atoms with van der Waals surface area (Å²) in [5, 5.41) is 8.40. The van der Waals surface area contributed by atoms with Gasteiger partial charge in [-0.05, 0) is 17.5 Å². The van der Waals surface area contributed by atoms with Crippen LogP contribution in [-0.2, 0) is 27.3 Å². The molecule has 1 rings (SSSR count). The van der Waals surface area contributed by atoms with Gasteiger partial charge in [0.15, 0.2) is 0 Å². The van der Waals surface area contributed by atoms with Gasteiger partial charge in [0, 0.05) is 13.6 Å². The van der Waals surface area contributed by atoms with E-state index in [9.17, 15) is 9.59 Å². The van der Waals surface area contributed by atoms with Crippen molar-refractivity contribution < 1.29 is 19.4 Å². The maximum Gasteiger partial charge on any atom is 0.329 e. The molecule has 0 unspecified atom stereocenters. The first-order valence-electron chi connectivity index (χ1n) is 6.14. The van der Waals surface area contributed by atoms with Gasteiger partial charge in [-0.1, -0.05) is 31.2 Å². The van der Waals surface area contributed by atoms with Crippen molar-refractivity contribution in [3.63, 3.8) is 0 Å². The fraction of sp³-hybridized carbons (Fsp3) is 0.429. The van der Waals surface area contributed by atoms with E-state index in [2.05, 4.69) is 6.92 Å². The molecule has 5 heteroatoms. The second kappa shape index (κ2) is 7.53. The van der Waals surface area contributed by atoms with Crippen molar-refractivity contribution in [1.29, 1.82) is 0 Å². The number of aliphatic carboxylic acids is 1. The Morgan fingerprint density at radius 1 is 1.16 bits per heavy atom. The topological polar surface area (TPSA) is 66.8 Å². The van der Waals surface area contributed by atoms with Crippen LogP contribution in [0.25, 0.3) is 0 Å². The molecular weight excluding hydrogens is 246 g/mol. The zero-order chi connectivity index (χ0) is 14.3. The summed E-state index contributed by atoms with van der Waals surface area (Å²) >= 11 is 0. The van der Waals surface area contributed by atoms with E-state index in [-0.39, 0.29) is 12.5 Å². The van der Waals surface area contributed by atoms with Crippen molar-refractivity contribution in [3.8, 4) is 0 Å². The standard InChI is InChI=1S/C14H19NO4/c1-3-11-4-6-12(7-5-11)8-15(2)13(16)9-19-10-14(17)18/h4-7H,3,8-10H2,1-2H3,(H,17,18). The normalized spacial score (nSPS) is 10.2. The summed E-state index contributed by atoms with van der Waals surface area (Å²) < 4.78 is 4.76. The number of carboxylic acids is 1. The maximum atomic E-state index is 11.7. The Kier molecular flexibility index (Phi) is 6.02. The Labute approximate surface area is 112 Å². The van der Waals surface area contributed by atoms with Crippen LogP contribution in [0.5, 0.6) is 0 Å². The lowest BCUT2D eigenvalue weighted by Gasteiger charge is -2.17. The van der Waals surface area contributed by atoms with Gasteiger partial charge < -0.3 is 14.7 Å². The molecule has 0 bridgehead atoms. The summed E-state index contributed by atoms with van der Waals surface area (Å²) in [6.45, 7) is 1.91. The highest BCUT2D eigenvalue weighted by Crippen LogP contribution is 2.07. The first-order chi connectivity index (χ1) is 9.02. The molecule has 0 heterocycles. The molecule has 5 nitrogen and oxygen atoms in total. The Balaban J connectivity index is 2.42. The molecule has 0 spiro atoms. The number of rotatable bonds is 7. The van der Waals surface area contributed by atoms with E-state index in [0.29, 0.717) is 6.54 Å². The van der Waals surface area contributed by atoms with Gasteiger partial charge in [-0.2, -0.15) is 0 Å². The molecule has 1 amide bonds. The van der Waals surface area contributed by atoms with Crippen molar-refractivity contribution in [2.24, 2.45) is 0 Å². The van der Waals surface area contributed by atoms with Gasteiger partial charge in [0.05, 0.1) is 0 Å². The minimum Gasteiger partial charge on any atom is -0.480 e. The van der Waals surface area contributed by atoms with Crippen molar-refractivity contribution in [3.05, 3.63) is 35.4 Å². The highest BCUT2D eigenvalue weighted by Gasteiger charge is 2.10. The van der Waals surface area contributed by atoms with Crippen molar-refractivity contribution in [2.75, 3.05) is 20.3 Å². The lowest BCUT2D eigenvalue weighted by molar-refractivity contribution is -0.145. The monoisotopic (exact) mass is 265 g/mol. The number of amides is 1. The third-order valence-corrected chi connectivity index (χ3v) is 2.73. The fourth-order valence-corrected chi connectivity index (χ4v) is 1.58. The fourth-order valence-electron chi connectivity index (χ4n) is 1.58. The molecule has 1 aromatic rings. The summed E-state index contributed by atoms with van der Waals surface area (Å²) in [5.41, 5.74) is 2.29. The number of aryl methyl sites for hydroxylation is 1. The molecule has 0 aromatic heterocycles. The minimum absolute atomic E-state index is 0.212. The largest absolute Gasteiger partial charge is 0.480 e. The third-order valence-electron chi connectivity index (χ3n) is 2.73. The zero-order valence-electron chi connectivity index (χ0n) is 11.3. The quantitative estimate of drug-likeness (QED) is 0.807. The van der Waals surface area contributed by atoms with E-state index < -0.39 is 12.6 Å². The number of carbonyl (C=O) groups excluding carboxylic acids is 1. The summed E-state index contributed by atoms with van der Waals surface area (Å²) in [5.74, 6) is -1.31. The SMILES string of the molecule is CCc1ccc(CN(C)C(=O)COCC(=O)O)cc1. The van der Waals surface area contributed by atoms with Gasteiger partial charge in [0.25, 0.3) is 0 Å². The highest BCUT2D eigenvalue weighted by molar-refractivity contribution is 5.77. The number of carbonyl (C=O) groups is 2. The number of carboxylic acid groups (broad SMARTS) is 1. The summed E-state index contributed by atoms with van der Waals surface area (Å²) in [6.07, 6.45) is 0.984.